The van der Waals surface area contributed by atoms with Gasteiger partial charge in [-0.25, -0.2) is 0 Å². The lowest BCUT2D eigenvalue weighted by Crippen LogP contribution is -2.49. The lowest BCUT2D eigenvalue weighted by atomic mass is 10.2. The summed E-state index contributed by atoms with van der Waals surface area (Å²) >= 11 is 0. The molecule has 0 aromatic carbocycles. The molecule has 2 unspecified atom stereocenters. The topological polar surface area (TPSA) is 44.7 Å². The number of nitrogens with one attached hydrogen (secondary N) is 1. The van der Waals surface area contributed by atoms with Crippen LogP contribution in [-0.4, -0.2) is 61.0 Å². The van der Waals surface area contributed by atoms with Crippen LogP contribution in [0.15, 0.2) is 0 Å². The molecule has 0 aromatic rings. The van der Waals surface area contributed by atoms with E-state index in [2.05, 4.69) is 31.0 Å². The van der Waals surface area contributed by atoms with E-state index >= 15 is 0 Å². The van der Waals surface area contributed by atoms with Crippen molar-refractivity contribution in [1.82, 2.24) is 10.2 Å². The van der Waals surface area contributed by atoms with E-state index in [1.165, 1.54) is 0 Å². The second-order valence-electron chi connectivity index (χ2n) is 5.18. The number of aliphatic hydroxyl groups excluding tert-OH is 1. The van der Waals surface area contributed by atoms with Crippen LogP contribution in [-0.2, 0) is 4.74 Å². The fourth-order valence-electron chi connectivity index (χ4n) is 2.18. The minimum atomic E-state index is -0.218. The minimum absolute atomic E-state index is 0.218. The third-order valence-electron chi connectivity index (χ3n) is 3.27. The van der Waals surface area contributed by atoms with Crippen LogP contribution >= 0.6 is 0 Å². The zero-order chi connectivity index (χ0) is 12.7. The number of morpholine rings is 1. The molecule has 2 N–H and O–H groups in total. The lowest BCUT2D eigenvalue weighted by molar-refractivity contribution is -0.0379. The van der Waals surface area contributed by atoms with Crippen LogP contribution in [0.3, 0.4) is 0 Å². The first-order valence-electron chi connectivity index (χ1n) is 6.88. The summed E-state index contributed by atoms with van der Waals surface area (Å²) in [6.07, 6.45) is 1.95. The van der Waals surface area contributed by atoms with Crippen LogP contribution in [0, 0.1) is 0 Å². The van der Waals surface area contributed by atoms with E-state index in [9.17, 15) is 5.11 Å². The smallest absolute Gasteiger partial charge is 0.0826 e. The molecule has 102 valence electrons. The van der Waals surface area contributed by atoms with Crippen molar-refractivity contribution in [1.29, 1.82) is 0 Å². The summed E-state index contributed by atoms with van der Waals surface area (Å²) in [5, 5.41) is 12.9. The van der Waals surface area contributed by atoms with Gasteiger partial charge in [-0.15, -0.1) is 0 Å². The van der Waals surface area contributed by atoms with Crippen LogP contribution in [0.2, 0.25) is 0 Å². The first-order valence-corrected chi connectivity index (χ1v) is 6.88. The summed E-state index contributed by atoms with van der Waals surface area (Å²) in [6, 6.07) is 0.590. The highest BCUT2D eigenvalue weighted by molar-refractivity contribution is 4.76. The van der Waals surface area contributed by atoms with Gasteiger partial charge in [0.2, 0.25) is 0 Å². The fourth-order valence-corrected chi connectivity index (χ4v) is 2.18. The first kappa shape index (κ1) is 14.9. The molecule has 1 rings (SSSR count). The van der Waals surface area contributed by atoms with Crippen molar-refractivity contribution in [3.05, 3.63) is 0 Å². The molecule has 4 heteroatoms. The number of nitrogens with zero attached hydrogens (tertiary/aromatic N) is 1. The van der Waals surface area contributed by atoms with Crippen molar-refractivity contribution >= 4 is 0 Å². The Hall–Kier alpha value is -0.160. The molecule has 2 atom stereocenters. The van der Waals surface area contributed by atoms with Gasteiger partial charge >= 0.3 is 0 Å². The number of hydrogen-bond acceptors (Lipinski definition) is 4. The first-order chi connectivity index (χ1) is 8.13. The fraction of sp³-hybridized carbons (Fsp3) is 1.00. The van der Waals surface area contributed by atoms with Crippen LogP contribution < -0.4 is 5.32 Å². The summed E-state index contributed by atoms with van der Waals surface area (Å²) in [5.74, 6) is 0. The molecule has 1 heterocycles. The Bertz CT molecular complexity index is 200. The average Bonchev–Trinajstić information content (AvgIpc) is 2.30. The zero-order valence-corrected chi connectivity index (χ0v) is 11.5. The number of hydrogen-bond donors (Lipinski definition) is 2. The van der Waals surface area contributed by atoms with Gasteiger partial charge in [-0.3, -0.25) is 4.90 Å². The van der Waals surface area contributed by atoms with Crippen molar-refractivity contribution in [2.45, 2.75) is 51.9 Å². The average molecular weight is 244 g/mol. The number of aliphatic hydroxyl groups is 1. The molecular formula is C13H28N2O2. The van der Waals surface area contributed by atoms with Crippen molar-refractivity contribution in [3.63, 3.8) is 0 Å². The van der Waals surface area contributed by atoms with E-state index < -0.39 is 0 Å². The maximum atomic E-state index is 9.61. The van der Waals surface area contributed by atoms with Crippen LogP contribution in [0.1, 0.15) is 33.6 Å². The molecule has 4 nitrogen and oxygen atoms in total. The van der Waals surface area contributed by atoms with E-state index in [1.54, 1.807) is 0 Å². The predicted octanol–water partition coefficient (Wildman–Crippen LogP) is 0.846. The zero-order valence-electron chi connectivity index (χ0n) is 11.5. The van der Waals surface area contributed by atoms with Crippen molar-refractivity contribution in [2.75, 3.05) is 32.8 Å². The summed E-state index contributed by atoms with van der Waals surface area (Å²) in [7, 11) is 0. The number of ether oxygens (including phenoxy) is 1. The highest BCUT2D eigenvalue weighted by atomic mass is 16.5. The molecule has 0 aliphatic carbocycles. The van der Waals surface area contributed by atoms with Gasteiger partial charge in [-0.1, -0.05) is 13.3 Å². The molecule has 0 radical (unpaired) electrons. The molecular weight excluding hydrogens is 216 g/mol. The monoisotopic (exact) mass is 244 g/mol. The lowest BCUT2D eigenvalue weighted by Gasteiger charge is -2.35. The Morgan fingerprint density at radius 2 is 2.24 bits per heavy atom. The SMILES string of the molecule is CCCC(O)CNCC1CN(C(C)C)CCO1. The Labute approximate surface area is 105 Å². The van der Waals surface area contributed by atoms with E-state index in [1.807, 2.05) is 0 Å². The number of rotatable bonds is 7. The van der Waals surface area contributed by atoms with Crippen molar-refractivity contribution in [2.24, 2.45) is 0 Å². The van der Waals surface area contributed by atoms with Crippen molar-refractivity contribution < 1.29 is 9.84 Å². The second kappa shape index (κ2) is 8.03. The second-order valence-corrected chi connectivity index (χ2v) is 5.18. The molecule has 0 amide bonds. The largest absolute Gasteiger partial charge is 0.392 e. The molecule has 0 aromatic heterocycles. The van der Waals surface area contributed by atoms with Gasteiger partial charge in [-0.05, 0) is 20.3 Å². The van der Waals surface area contributed by atoms with E-state index in [-0.39, 0.29) is 12.2 Å². The molecule has 1 aliphatic heterocycles. The van der Waals surface area contributed by atoms with E-state index in [4.69, 9.17) is 4.74 Å². The Kier molecular flexibility index (Phi) is 7.04. The van der Waals surface area contributed by atoms with Gasteiger partial charge in [0.05, 0.1) is 18.8 Å². The van der Waals surface area contributed by atoms with Gasteiger partial charge in [-0.2, -0.15) is 0 Å². The standard InChI is InChI=1S/C13H28N2O2/c1-4-5-12(16)8-14-9-13-10-15(11(2)3)6-7-17-13/h11-14,16H,4-10H2,1-3H3. The van der Waals surface area contributed by atoms with Crippen LogP contribution in [0.25, 0.3) is 0 Å². The maximum Gasteiger partial charge on any atom is 0.0826 e. The molecule has 1 saturated heterocycles. The Morgan fingerprint density at radius 3 is 2.88 bits per heavy atom. The third kappa shape index (κ3) is 5.82. The van der Waals surface area contributed by atoms with Gasteiger partial charge in [0.1, 0.15) is 0 Å². The summed E-state index contributed by atoms with van der Waals surface area (Å²) < 4.78 is 5.71. The quantitative estimate of drug-likeness (QED) is 0.697. The molecule has 0 spiro atoms. The molecule has 1 fully saturated rings. The molecule has 0 saturated carbocycles. The highest BCUT2D eigenvalue weighted by Gasteiger charge is 2.21. The van der Waals surface area contributed by atoms with E-state index in [0.29, 0.717) is 12.6 Å². The third-order valence-corrected chi connectivity index (χ3v) is 3.27. The predicted molar refractivity (Wildman–Crippen MR) is 70.2 cm³/mol. The molecule has 0 bridgehead atoms. The molecule has 17 heavy (non-hydrogen) atoms. The Balaban J connectivity index is 2.14. The summed E-state index contributed by atoms with van der Waals surface area (Å²) in [6.45, 7) is 10.9. The highest BCUT2D eigenvalue weighted by Crippen LogP contribution is 2.08. The van der Waals surface area contributed by atoms with Crippen molar-refractivity contribution in [3.8, 4) is 0 Å². The summed E-state index contributed by atoms with van der Waals surface area (Å²) in [4.78, 5) is 2.44. The maximum absolute atomic E-state index is 9.61. The van der Waals surface area contributed by atoms with Gasteiger partial charge in [0.25, 0.3) is 0 Å². The Morgan fingerprint density at radius 1 is 1.47 bits per heavy atom. The van der Waals surface area contributed by atoms with E-state index in [0.717, 1.165) is 39.1 Å². The normalized spacial score (nSPS) is 24.2. The van der Waals surface area contributed by atoms with Gasteiger partial charge in [0.15, 0.2) is 0 Å². The van der Waals surface area contributed by atoms with Crippen LogP contribution in [0.5, 0.6) is 0 Å². The van der Waals surface area contributed by atoms with Gasteiger partial charge in [0, 0.05) is 32.2 Å². The molecule has 1 aliphatic rings. The minimum Gasteiger partial charge on any atom is -0.392 e. The summed E-state index contributed by atoms with van der Waals surface area (Å²) in [5.41, 5.74) is 0. The van der Waals surface area contributed by atoms with Crippen LogP contribution in [0.4, 0.5) is 0 Å². The van der Waals surface area contributed by atoms with Gasteiger partial charge < -0.3 is 15.2 Å².